The molecular weight excluding hydrogens is 430 g/mol. The minimum absolute atomic E-state index is 0.280. The van der Waals surface area contributed by atoms with Crippen molar-refractivity contribution in [1.29, 1.82) is 0 Å². The molecule has 1 unspecified atom stereocenters. The number of benzene rings is 1. The van der Waals surface area contributed by atoms with Crippen molar-refractivity contribution in [2.75, 3.05) is 71.3 Å². The molecule has 2 aliphatic rings. The molecule has 3 rings (SSSR count). The summed E-state index contributed by atoms with van der Waals surface area (Å²) in [6.45, 7) is 7.12. The van der Waals surface area contributed by atoms with Gasteiger partial charge in [0.2, 0.25) is 5.91 Å². The van der Waals surface area contributed by atoms with Gasteiger partial charge in [-0.2, -0.15) is 0 Å². The second-order valence-corrected chi connectivity index (χ2v) is 7.62. The number of hydrogen-bond donors (Lipinski definition) is 2. The summed E-state index contributed by atoms with van der Waals surface area (Å²) in [5, 5.41) is 5.90. The van der Waals surface area contributed by atoms with Gasteiger partial charge in [-0.3, -0.25) is 19.3 Å². The predicted molar refractivity (Wildman–Crippen MR) is 120 cm³/mol. The molecule has 182 valence electrons. The maximum atomic E-state index is 13.0. The van der Waals surface area contributed by atoms with Crippen LogP contribution in [0.5, 0.6) is 0 Å². The van der Waals surface area contributed by atoms with Crippen molar-refractivity contribution in [3.63, 3.8) is 0 Å². The fraction of sp³-hybridized carbons (Fsp3) is 0.609. The molecule has 0 radical (unpaired) electrons. The molecule has 2 heterocycles. The van der Waals surface area contributed by atoms with Gasteiger partial charge in [0.25, 0.3) is 11.8 Å². The highest BCUT2D eigenvalue weighted by Crippen LogP contribution is 2.32. The first kappa shape index (κ1) is 25.1. The fourth-order valence-corrected chi connectivity index (χ4v) is 3.80. The molecule has 1 aromatic carbocycles. The Kier molecular flexibility index (Phi) is 10.1. The molecule has 0 aromatic heterocycles. The summed E-state index contributed by atoms with van der Waals surface area (Å²) in [5.74, 6) is -1.13. The van der Waals surface area contributed by atoms with Gasteiger partial charge in [-0.1, -0.05) is 6.07 Å². The van der Waals surface area contributed by atoms with Gasteiger partial charge in [-0.25, -0.2) is 0 Å². The molecule has 0 bridgehead atoms. The molecule has 33 heavy (non-hydrogen) atoms. The Morgan fingerprint density at radius 1 is 0.939 bits per heavy atom. The van der Waals surface area contributed by atoms with Crippen molar-refractivity contribution in [3.8, 4) is 0 Å². The lowest BCUT2D eigenvalue weighted by Crippen LogP contribution is -2.52. The fourth-order valence-electron chi connectivity index (χ4n) is 3.80. The monoisotopic (exact) mass is 463 g/mol. The highest BCUT2D eigenvalue weighted by atomic mass is 16.6. The van der Waals surface area contributed by atoms with Crippen LogP contribution < -0.4 is 10.6 Å². The number of fused-ring (bicyclic) bond motifs is 1. The van der Waals surface area contributed by atoms with Crippen molar-refractivity contribution in [2.24, 2.45) is 0 Å². The van der Waals surface area contributed by atoms with Gasteiger partial charge >= 0.3 is 0 Å². The third kappa shape index (κ3) is 6.73. The number of hydrogen-bond acceptors (Lipinski definition) is 8. The first-order valence-electron chi connectivity index (χ1n) is 11.5. The molecule has 0 saturated carbocycles. The number of ether oxygens (including phenoxy) is 4. The normalized spacial score (nSPS) is 17.9. The van der Waals surface area contributed by atoms with Crippen molar-refractivity contribution in [2.45, 2.75) is 25.8 Å². The van der Waals surface area contributed by atoms with Gasteiger partial charge in [-0.15, -0.1) is 0 Å². The number of carbonyl (C=O) groups excluding carboxylic acids is 3. The molecule has 2 aliphatic heterocycles. The van der Waals surface area contributed by atoms with Crippen LogP contribution >= 0.6 is 0 Å². The molecule has 10 nitrogen and oxygen atoms in total. The largest absolute Gasteiger partial charge is 0.382 e. The number of amides is 3. The van der Waals surface area contributed by atoms with E-state index < -0.39 is 17.9 Å². The molecule has 1 fully saturated rings. The van der Waals surface area contributed by atoms with Crippen molar-refractivity contribution < 1.29 is 33.3 Å². The smallest absolute Gasteiger partial charge is 0.264 e. The van der Waals surface area contributed by atoms with Crippen LogP contribution in [0.4, 0.5) is 5.69 Å². The van der Waals surface area contributed by atoms with Gasteiger partial charge < -0.3 is 29.6 Å². The Labute approximate surface area is 193 Å². The van der Waals surface area contributed by atoms with Crippen molar-refractivity contribution >= 4 is 23.4 Å². The molecule has 0 spiro atoms. The SMILES string of the molecule is CCOCCOCCOCCOCCNc1cccc2c1C(=O)N(C1CCCNC1=O)C2=O. The number of anilines is 1. The minimum atomic E-state index is -0.752. The van der Waals surface area contributed by atoms with Crippen molar-refractivity contribution in [1.82, 2.24) is 10.2 Å². The summed E-state index contributed by atoms with van der Waals surface area (Å²) < 4.78 is 21.5. The Hall–Kier alpha value is -2.53. The Morgan fingerprint density at radius 3 is 2.27 bits per heavy atom. The molecule has 10 heteroatoms. The number of imide groups is 1. The Morgan fingerprint density at radius 2 is 1.61 bits per heavy atom. The van der Waals surface area contributed by atoms with E-state index in [1.165, 1.54) is 0 Å². The molecule has 3 amide bonds. The first-order chi connectivity index (χ1) is 16.1. The first-order valence-corrected chi connectivity index (χ1v) is 11.5. The second-order valence-electron chi connectivity index (χ2n) is 7.62. The topological polar surface area (TPSA) is 115 Å². The van der Waals surface area contributed by atoms with Crippen LogP contribution in [0.3, 0.4) is 0 Å². The van der Waals surface area contributed by atoms with Crippen LogP contribution in [0, 0.1) is 0 Å². The van der Waals surface area contributed by atoms with E-state index in [0.29, 0.717) is 89.2 Å². The second kappa shape index (κ2) is 13.2. The summed E-state index contributed by atoms with van der Waals surface area (Å²) in [4.78, 5) is 39.2. The van der Waals surface area contributed by atoms with Gasteiger partial charge in [0, 0.05) is 25.4 Å². The highest BCUT2D eigenvalue weighted by molar-refractivity contribution is 6.25. The summed E-state index contributed by atoms with van der Waals surface area (Å²) in [5.41, 5.74) is 1.20. The maximum absolute atomic E-state index is 13.0. The highest BCUT2D eigenvalue weighted by Gasteiger charge is 2.44. The Balaban J connectivity index is 1.37. The van der Waals surface area contributed by atoms with E-state index in [9.17, 15) is 14.4 Å². The lowest BCUT2D eigenvalue weighted by atomic mass is 10.1. The van der Waals surface area contributed by atoms with E-state index in [0.717, 1.165) is 11.3 Å². The molecule has 1 saturated heterocycles. The van der Waals surface area contributed by atoms with E-state index >= 15 is 0 Å². The number of nitrogens with zero attached hydrogens (tertiary/aromatic N) is 1. The zero-order valence-electron chi connectivity index (χ0n) is 19.1. The maximum Gasteiger partial charge on any atom is 0.264 e. The average Bonchev–Trinajstić information content (AvgIpc) is 3.08. The third-order valence-corrected chi connectivity index (χ3v) is 5.40. The van der Waals surface area contributed by atoms with Crippen molar-refractivity contribution in [3.05, 3.63) is 29.3 Å². The summed E-state index contributed by atoms with van der Waals surface area (Å²) >= 11 is 0. The summed E-state index contributed by atoms with van der Waals surface area (Å²) in [7, 11) is 0. The van der Waals surface area contributed by atoms with Crippen LogP contribution in [0.1, 0.15) is 40.5 Å². The van der Waals surface area contributed by atoms with Crippen LogP contribution in [-0.2, 0) is 23.7 Å². The van der Waals surface area contributed by atoms with E-state index in [1.54, 1.807) is 18.2 Å². The molecular formula is C23H33N3O7. The lowest BCUT2D eigenvalue weighted by molar-refractivity contribution is -0.126. The number of rotatable bonds is 15. The summed E-state index contributed by atoms with van der Waals surface area (Å²) in [6, 6.07) is 4.35. The predicted octanol–water partition coefficient (Wildman–Crippen LogP) is 1.06. The van der Waals surface area contributed by atoms with Crippen LogP contribution in [0.15, 0.2) is 18.2 Å². The average molecular weight is 464 g/mol. The van der Waals surface area contributed by atoms with Crippen LogP contribution in [-0.4, -0.2) is 94.6 Å². The van der Waals surface area contributed by atoms with Gasteiger partial charge in [-0.05, 0) is 31.9 Å². The quantitative estimate of drug-likeness (QED) is 0.293. The summed E-state index contributed by atoms with van der Waals surface area (Å²) in [6.07, 6.45) is 1.21. The van der Waals surface area contributed by atoms with E-state index in [1.807, 2.05) is 6.92 Å². The zero-order chi connectivity index (χ0) is 23.5. The number of nitrogens with one attached hydrogen (secondary N) is 2. The Bertz CT molecular complexity index is 817. The third-order valence-electron chi connectivity index (χ3n) is 5.40. The number of carbonyl (C=O) groups is 3. The van der Waals surface area contributed by atoms with E-state index in [4.69, 9.17) is 18.9 Å². The zero-order valence-corrected chi connectivity index (χ0v) is 19.1. The molecule has 1 atom stereocenters. The molecule has 2 N–H and O–H groups in total. The van der Waals surface area contributed by atoms with E-state index in [-0.39, 0.29) is 5.91 Å². The molecule has 1 aromatic rings. The van der Waals surface area contributed by atoms with Gasteiger partial charge in [0.05, 0.1) is 57.4 Å². The van der Waals surface area contributed by atoms with Crippen LogP contribution in [0.2, 0.25) is 0 Å². The number of piperidine rings is 1. The van der Waals surface area contributed by atoms with Gasteiger partial charge in [0.1, 0.15) is 6.04 Å². The molecule has 0 aliphatic carbocycles. The van der Waals surface area contributed by atoms with E-state index in [2.05, 4.69) is 10.6 Å². The standard InChI is InChI=1S/C23H33N3O7/c1-2-30-11-12-32-15-16-33-14-13-31-10-9-24-18-6-3-5-17-20(18)23(29)26(22(17)28)19-7-4-8-25-21(19)27/h3,5-6,19,24H,2,4,7-16H2,1H3,(H,25,27). The van der Waals surface area contributed by atoms with Gasteiger partial charge in [0.15, 0.2) is 0 Å². The van der Waals surface area contributed by atoms with Crippen LogP contribution in [0.25, 0.3) is 0 Å². The lowest BCUT2D eigenvalue weighted by Gasteiger charge is -2.28. The minimum Gasteiger partial charge on any atom is -0.382 e.